The van der Waals surface area contributed by atoms with E-state index >= 15 is 0 Å². The summed E-state index contributed by atoms with van der Waals surface area (Å²) in [5, 5.41) is 15.8. The molecule has 2 rings (SSSR count). The lowest BCUT2D eigenvalue weighted by Crippen LogP contribution is -2.16. The zero-order valence-corrected chi connectivity index (χ0v) is 6.80. The van der Waals surface area contributed by atoms with Crippen LogP contribution in [0.25, 0.3) is 0 Å². The summed E-state index contributed by atoms with van der Waals surface area (Å²) in [6.45, 7) is 2.74. The molecule has 64 valence electrons. The van der Waals surface area contributed by atoms with Gasteiger partial charge in [0.25, 0.3) is 0 Å². The Morgan fingerprint density at radius 1 is 1.25 bits per heavy atom. The maximum Gasteiger partial charge on any atom is 0.116 e. The molecule has 3 N–H and O–H groups in total. The highest BCUT2D eigenvalue weighted by Crippen LogP contribution is 2.21. The molecule has 0 spiro atoms. The molecule has 0 unspecified atom stereocenters. The number of aromatic hydroxyl groups is 1. The van der Waals surface area contributed by atoms with Crippen LogP contribution in [0.3, 0.4) is 0 Å². The third-order valence-corrected chi connectivity index (χ3v) is 2.02. The van der Waals surface area contributed by atoms with E-state index in [1.165, 1.54) is 0 Å². The maximum absolute atomic E-state index is 9.22. The van der Waals surface area contributed by atoms with Gasteiger partial charge in [0.1, 0.15) is 5.75 Å². The smallest absolute Gasteiger partial charge is 0.116 e. The number of anilines is 1. The first kappa shape index (κ1) is 7.43. The SMILES string of the molecule is Oc1ccc2c(c1)CNCCN2. The van der Waals surface area contributed by atoms with Gasteiger partial charge in [-0.25, -0.2) is 0 Å². The lowest BCUT2D eigenvalue weighted by molar-refractivity contribution is 0.474. The van der Waals surface area contributed by atoms with Gasteiger partial charge >= 0.3 is 0 Å². The van der Waals surface area contributed by atoms with Gasteiger partial charge in [0.05, 0.1) is 0 Å². The third-order valence-electron chi connectivity index (χ3n) is 2.02. The fourth-order valence-corrected chi connectivity index (χ4v) is 1.41. The first-order chi connectivity index (χ1) is 5.86. The van der Waals surface area contributed by atoms with Crippen LogP contribution in [0.2, 0.25) is 0 Å². The van der Waals surface area contributed by atoms with Gasteiger partial charge < -0.3 is 15.7 Å². The molecule has 0 saturated heterocycles. The summed E-state index contributed by atoms with van der Waals surface area (Å²) in [5.41, 5.74) is 2.25. The molecule has 0 fully saturated rings. The summed E-state index contributed by atoms with van der Waals surface area (Å²) >= 11 is 0. The Morgan fingerprint density at radius 2 is 2.17 bits per heavy atom. The van der Waals surface area contributed by atoms with Crippen molar-refractivity contribution < 1.29 is 5.11 Å². The molecule has 3 heteroatoms. The predicted molar refractivity (Wildman–Crippen MR) is 48.3 cm³/mol. The number of hydrogen-bond acceptors (Lipinski definition) is 3. The number of hydrogen-bond donors (Lipinski definition) is 3. The minimum Gasteiger partial charge on any atom is -0.508 e. The lowest BCUT2D eigenvalue weighted by atomic mass is 10.1. The van der Waals surface area contributed by atoms with Gasteiger partial charge in [-0.1, -0.05) is 0 Å². The Labute approximate surface area is 71.4 Å². The second-order valence-electron chi connectivity index (χ2n) is 2.95. The van der Waals surface area contributed by atoms with Crippen molar-refractivity contribution in [2.24, 2.45) is 0 Å². The van der Waals surface area contributed by atoms with E-state index in [9.17, 15) is 5.11 Å². The van der Waals surface area contributed by atoms with E-state index in [4.69, 9.17) is 0 Å². The molecule has 0 bridgehead atoms. The van der Waals surface area contributed by atoms with E-state index in [1.807, 2.05) is 6.07 Å². The molecule has 1 aromatic carbocycles. The molecule has 1 aromatic rings. The van der Waals surface area contributed by atoms with Crippen LogP contribution in [0.15, 0.2) is 18.2 Å². The summed E-state index contributed by atoms with van der Waals surface area (Å²) in [6, 6.07) is 5.41. The average molecular weight is 164 g/mol. The van der Waals surface area contributed by atoms with E-state index in [2.05, 4.69) is 10.6 Å². The average Bonchev–Trinajstić information content (AvgIpc) is 2.28. The van der Waals surface area contributed by atoms with Crippen LogP contribution in [-0.2, 0) is 6.54 Å². The van der Waals surface area contributed by atoms with Gasteiger partial charge in [0, 0.05) is 25.3 Å². The van der Waals surface area contributed by atoms with E-state index < -0.39 is 0 Å². The fraction of sp³-hybridized carbons (Fsp3) is 0.333. The van der Waals surface area contributed by atoms with E-state index in [0.29, 0.717) is 5.75 Å². The Morgan fingerprint density at radius 3 is 3.08 bits per heavy atom. The molecule has 0 aliphatic carbocycles. The van der Waals surface area contributed by atoms with Crippen LogP contribution in [0, 0.1) is 0 Å². The van der Waals surface area contributed by atoms with Crippen LogP contribution in [0.1, 0.15) is 5.56 Å². The standard InChI is InChI=1S/C9H12N2O/c12-8-1-2-9-7(5-8)6-10-3-4-11-9/h1-2,5,10-12H,3-4,6H2. The van der Waals surface area contributed by atoms with Crippen LogP contribution in [-0.4, -0.2) is 18.2 Å². The molecule has 0 radical (unpaired) electrons. The molecular formula is C9H12N2O. The zero-order chi connectivity index (χ0) is 8.39. The Hall–Kier alpha value is -1.22. The molecule has 0 aromatic heterocycles. The highest BCUT2D eigenvalue weighted by atomic mass is 16.3. The summed E-state index contributed by atoms with van der Waals surface area (Å²) in [6.07, 6.45) is 0. The zero-order valence-electron chi connectivity index (χ0n) is 6.80. The lowest BCUT2D eigenvalue weighted by Gasteiger charge is -2.06. The second kappa shape index (κ2) is 3.03. The van der Waals surface area contributed by atoms with Gasteiger partial charge in [0.2, 0.25) is 0 Å². The van der Waals surface area contributed by atoms with Gasteiger partial charge in [-0.15, -0.1) is 0 Å². The number of phenols is 1. The van der Waals surface area contributed by atoms with Crippen molar-refractivity contribution in [1.82, 2.24) is 5.32 Å². The first-order valence-electron chi connectivity index (χ1n) is 4.13. The third kappa shape index (κ3) is 1.36. The number of phenolic OH excluding ortho intramolecular Hbond substituents is 1. The first-order valence-corrected chi connectivity index (χ1v) is 4.13. The summed E-state index contributed by atoms with van der Waals surface area (Å²) in [7, 11) is 0. The summed E-state index contributed by atoms with van der Waals surface area (Å²) < 4.78 is 0. The molecule has 1 heterocycles. The second-order valence-corrected chi connectivity index (χ2v) is 2.95. The summed E-state index contributed by atoms with van der Waals surface area (Å²) in [4.78, 5) is 0. The molecule has 0 atom stereocenters. The topological polar surface area (TPSA) is 44.3 Å². The highest BCUT2D eigenvalue weighted by molar-refractivity contribution is 5.54. The van der Waals surface area contributed by atoms with Crippen molar-refractivity contribution in [3.05, 3.63) is 23.8 Å². The molecule has 1 aliphatic rings. The van der Waals surface area contributed by atoms with E-state index in [-0.39, 0.29) is 0 Å². The molecule has 0 saturated carbocycles. The number of fused-ring (bicyclic) bond motifs is 1. The maximum atomic E-state index is 9.22. The molecule has 12 heavy (non-hydrogen) atoms. The van der Waals surface area contributed by atoms with E-state index in [1.54, 1.807) is 12.1 Å². The van der Waals surface area contributed by atoms with Crippen molar-refractivity contribution in [3.63, 3.8) is 0 Å². The van der Waals surface area contributed by atoms with Crippen molar-refractivity contribution >= 4 is 5.69 Å². The number of rotatable bonds is 0. The van der Waals surface area contributed by atoms with E-state index in [0.717, 1.165) is 30.9 Å². The Kier molecular flexibility index (Phi) is 1.87. The fourth-order valence-electron chi connectivity index (χ4n) is 1.41. The van der Waals surface area contributed by atoms with Gasteiger partial charge in [-0.05, 0) is 23.8 Å². The van der Waals surface area contributed by atoms with Crippen molar-refractivity contribution in [2.75, 3.05) is 18.4 Å². The van der Waals surface area contributed by atoms with Gasteiger partial charge in [-0.2, -0.15) is 0 Å². The van der Waals surface area contributed by atoms with Crippen LogP contribution in [0.4, 0.5) is 5.69 Å². The summed E-state index contributed by atoms with van der Waals surface area (Å²) in [5.74, 6) is 0.333. The Balaban J connectivity index is 2.36. The molecular weight excluding hydrogens is 152 g/mol. The molecule has 1 aliphatic heterocycles. The normalized spacial score (nSPS) is 16.0. The number of benzene rings is 1. The minimum atomic E-state index is 0.333. The molecule has 0 amide bonds. The van der Waals surface area contributed by atoms with Crippen LogP contribution >= 0.6 is 0 Å². The van der Waals surface area contributed by atoms with Crippen molar-refractivity contribution in [2.45, 2.75) is 6.54 Å². The Bertz CT molecular complexity index is 286. The minimum absolute atomic E-state index is 0.333. The predicted octanol–water partition coefficient (Wildman–Crippen LogP) is 0.907. The highest BCUT2D eigenvalue weighted by Gasteiger charge is 2.05. The van der Waals surface area contributed by atoms with Crippen molar-refractivity contribution in [3.8, 4) is 5.75 Å². The monoisotopic (exact) mass is 164 g/mol. The van der Waals surface area contributed by atoms with Crippen molar-refractivity contribution in [1.29, 1.82) is 0 Å². The largest absolute Gasteiger partial charge is 0.508 e. The van der Waals surface area contributed by atoms with Gasteiger partial charge in [-0.3, -0.25) is 0 Å². The van der Waals surface area contributed by atoms with Gasteiger partial charge in [0.15, 0.2) is 0 Å². The molecule has 3 nitrogen and oxygen atoms in total. The van der Waals surface area contributed by atoms with Crippen LogP contribution < -0.4 is 10.6 Å². The number of nitrogens with one attached hydrogen (secondary N) is 2. The van der Waals surface area contributed by atoms with Crippen LogP contribution in [0.5, 0.6) is 5.75 Å². The quantitative estimate of drug-likeness (QED) is 0.499.